The smallest absolute Gasteiger partial charge is 0.416 e. The van der Waals surface area contributed by atoms with Crippen molar-refractivity contribution in [1.29, 1.82) is 0 Å². The highest BCUT2D eigenvalue weighted by atomic mass is 19.4. The van der Waals surface area contributed by atoms with Crippen LogP contribution in [-0.2, 0) is 17.5 Å². The van der Waals surface area contributed by atoms with E-state index in [9.17, 15) is 22.8 Å². The summed E-state index contributed by atoms with van der Waals surface area (Å²) in [6, 6.07) is 25.3. The fraction of sp³-hybridized carbons (Fsp3) is 0.0714. The second kappa shape index (κ2) is 10.8. The van der Waals surface area contributed by atoms with Gasteiger partial charge in [-0.1, -0.05) is 60.7 Å². The Bertz CT molecular complexity index is 1380. The van der Waals surface area contributed by atoms with Gasteiger partial charge < -0.3 is 15.1 Å². The minimum Gasteiger partial charge on any atom is -0.457 e. The number of hydrogen-bond donors (Lipinski definition) is 2. The normalized spacial score (nSPS) is 11.7. The van der Waals surface area contributed by atoms with Crippen molar-refractivity contribution in [3.05, 3.63) is 125 Å². The predicted octanol–water partition coefficient (Wildman–Crippen LogP) is 6.05. The van der Waals surface area contributed by atoms with Crippen LogP contribution in [0, 0.1) is 0 Å². The molecule has 2 N–H and O–H groups in total. The number of alkyl halides is 3. The fourth-order valence-electron chi connectivity index (χ4n) is 3.39. The maximum Gasteiger partial charge on any atom is 0.416 e. The molecule has 0 aliphatic carbocycles. The lowest BCUT2D eigenvalue weighted by Gasteiger charge is -2.11. The molecule has 0 aliphatic heterocycles. The molecule has 4 rings (SSSR count). The molecule has 0 spiro atoms. The quantitative estimate of drug-likeness (QED) is 0.310. The molecule has 0 unspecified atom stereocenters. The first-order valence-corrected chi connectivity index (χ1v) is 11.0. The number of rotatable bonds is 7. The Kier molecular flexibility index (Phi) is 7.34. The number of furan rings is 1. The molecular formula is C28H21F3N2O3. The van der Waals surface area contributed by atoms with Gasteiger partial charge in [-0.05, 0) is 42.0 Å². The zero-order valence-electron chi connectivity index (χ0n) is 18.9. The number of nitrogens with one attached hydrogen (secondary N) is 2. The average Bonchev–Trinajstić information content (AvgIpc) is 3.36. The molecule has 0 saturated carbocycles. The molecule has 0 saturated heterocycles. The number of benzene rings is 3. The molecular weight excluding hydrogens is 469 g/mol. The van der Waals surface area contributed by atoms with Crippen LogP contribution in [0.4, 0.5) is 13.2 Å². The van der Waals surface area contributed by atoms with Crippen molar-refractivity contribution in [1.82, 2.24) is 10.6 Å². The first-order valence-electron chi connectivity index (χ1n) is 11.0. The summed E-state index contributed by atoms with van der Waals surface area (Å²) in [5.74, 6) is -0.687. The van der Waals surface area contributed by atoms with Gasteiger partial charge in [0.2, 0.25) is 0 Å². The lowest BCUT2D eigenvalue weighted by Crippen LogP contribution is -2.34. The van der Waals surface area contributed by atoms with Gasteiger partial charge in [0.1, 0.15) is 17.2 Å². The standard InChI is InChI=1S/C28H21F3N2O3/c29-28(30,31)22-13-7-12-21(16-22)25-15-14-23(36-25)17-24(33-26(34)20-10-5-2-6-11-20)27(35)32-18-19-8-3-1-4-9-19/h1-17H,18H2,(H,32,35)(H,33,34)/b24-17-. The third-order valence-corrected chi connectivity index (χ3v) is 5.21. The van der Waals surface area contributed by atoms with E-state index in [1.165, 1.54) is 30.3 Å². The van der Waals surface area contributed by atoms with Crippen LogP contribution in [-0.4, -0.2) is 11.8 Å². The van der Waals surface area contributed by atoms with Crippen molar-refractivity contribution in [3.8, 4) is 11.3 Å². The van der Waals surface area contributed by atoms with E-state index in [0.717, 1.165) is 17.7 Å². The zero-order valence-corrected chi connectivity index (χ0v) is 18.9. The summed E-state index contributed by atoms with van der Waals surface area (Å²) in [5, 5.41) is 5.35. The largest absolute Gasteiger partial charge is 0.457 e. The predicted molar refractivity (Wildman–Crippen MR) is 129 cm³/mol. The van der Waals surface area contributed by atoms with Gasteiger partial charge in [-0.25, -0.2) is 0 Å². The molecule has 4 aromatic rings. The third kappa shape index (κ3) is 6.29. The van der Waals surface area contributed by atoms with Gasteiger partial charge in [0.05, 0.1) is 5.56 Å². The summed E-state index contributed by atoms with van der Waals surface area (Å²) >= 11 is 0. The van der Waals surface area contributed by atoms with Crippen LogP contribution < -0.4 is 10.6 Å². The van der Waals surface area contributed by atoms with Crippen LogP contribution in [0.3, 0.4) is 0 Å². The molecule has 3 aromatic carbocycles. The minimum atomic E-state index is -4.49. The summed E-state index contributed by atoms with van der Waals surface area (Å²) in [7, 11) is 0. The summed E-state index contributed by atoms with van der Waals surface area (Å²) in [6.07, 6.45) is -3.16. The Morgan fingerprint density at radius 2 is 1.53 bits per heavy atom. The average molecular weight is 490 g/mol. The van der Waals surface area contributed by atoms with E-state index >= 15 is 0 Å². The second-order valence-electron chi connectivity index (χ2n) is 7.83. The number of hydrogen-bond acceptors (Lipinski definition) is 3. The van der Waals surface area contributed by atoms with Crippen molar-refractivity contribution in [2.75, 3.05) is 0 Å². The van der Waals surface area contributed by atoms with Crippen molar-refractivity contribution in [3.63, 3.8) is 0 Å². The molecule has 0 atom stereocenters. The molecule has 0 radical (unpaired) electrons. The lowest BCUT2D eigenvalue weighted by atomic mass is 10.1. The van der Waals surface area contributed by atoms with E-state index in [0.29, 0.717) is 5.56 Å². The molecule has 1 heterocycles. The van der Waals surface area contributed by atoms with Gasteiger partial charge >= 0.3 is 6.18 Å². The Labute approximate surface area is 205 Å². The number of amides is 2. The monoisotopic (exact) mass is 490 g/mol. The fourth-order valence-corrected chi connectivity index (χ4v) is 3.39. The van der Waals surface area contributed by atoms with Crippen LogP contribution in [0.2, 0.25) is 0 Å². The minimum absolute atomic E-state index is 0.0790. The maximum absolute atomic E-state index is 13.1. The summed E-state index contributed by atoms with van der Waals surface area (Å²) in [6.45, 7) is 0.228. The molecule has 0 bridgehead atoms. The van der Waals surface area contributed by atoms with Gasteiger partial charge in [-0.2, -0.15) is 13.2 Å². The van der Waals surface area contributed by atoms with Gasteiger partial charge in [-0.3, -0.25) is 9.59 Å². The van der Waals surface area contributed by atoms with Crippen molar-refractivity contribution in [2.45, 2.75) is 12.7 Å². The molecule has 36 heavy (non-hydrogen) atoms. The SMILES string of the molecule is O=C(NCc1ccccc1)/C(=C/c1ccc(-c2cccc(C(F)(F)F)c2)o1)NC(=O)c1ccccc1. The second-order valence-corrected chi connectivity index (χ2v) is 7.83. The molecule has 0 aliphatic rings. The Morgan fingerprint density at radius 1 is 0.833 bits per heavy atom. The molecule has 182 valence electrons. The summed E-state index contributed by atoms with van der Waals surface area (Å²) in [4.78, 5) is 25.7. The number of halogens is 3. The Balaban J connectivity index is 1.59. The molecule has 1 aromatic heterocycles. The first-order chi connectivity index (χ1) is 17.3. The number of carbonyl (C=O) groups excluding carboxylic acids is 2. The van der Waals surface area contributed by atoms with Crippen LogP contribution in [0.25, 0.3) is 17.4 Å². The number of carbonyl (C=O) groups is 2. The van der Waals surface area contributed by atoms with Crippen molar-refractivity contribution < 1.29 is 27.2 Å². The van der Waals surface area contributed by atoms with Gasteiger partial charge in [-0.15, -0.1) is 0 Å². The lowest BCUT2D eigenvalue weighted by molar-refractivity contribution is -0.137. The zero-order chi connectivity index (χ0) is 25.5. The molecule has 8 heteroatoms. The van der Waals surface area contributed by atoms with Crippen LogP contribution in [0.1, 0.15) is 27.2 Å². The van der Waals surface area contributed by atoms with E-state index in [1.54, 1.807) is 30.3 Å². The van der Waals surface area contributed by atoms with Crippen LogP contribution >= 0.6 is 0 Å². The van der Waals surface area contributed by atoms with E-state index in [4.69, 9.17) is 4.42 Å². The van der Waals surface area contributed by atoms with Crippen molar-refractivity contribution >= 4 is 17.9 Å². The highest BCUT2D eigenvalue weighted by Crippen LogP contribution is 2.32. The van der Waals surface area contributed by atoms with Crippen LogP contribution in [0.15, 0.2) is 107 Å². The highest BCUT2D eigenvalue weighted by Gasteiger charge is 2.30. The topological polar surface area (TPSA) is 71.3 Å². The first kappa shape index (κ1) is 24.5. The maximum atomic E-state index is 13.1. The van der Waals surface area contributed by atoms with Crippen LogP contribution in [0.5, 0.6) is 0 Å². The molecule has 0 fully saturated rings. The molecule has 5 nitrogen and oxygen atoms in total. The Morgan fingerprint density at radius 3 is 2.22 bits per heavy atom. The van der Waals surface area contributed by atoms with E-state index in [1.807, 2.05) is 30.3 Å². The Hall–Kier alpha value is -4.59. The van der Waals surface area contributed by atoms with Gasteiger partial charge in [0, 0.05) is 23.7 Å². The van der Waals surface area contributed by atoms with Crippen molar-refractivity contribution in [2.24, 2.45) is 0 Å². The highest BCUT2D eigenvalue weighted by molar-refractivity contribution is 6.05. The van der Waals surface area contributed by atoms with Gasteiger partial charge in [0.15, 0.2) is 0 Å². The van der Waals surface area contributed by atoms with Gasteiger partial charge in [0.25, 0.3) is 11.8 Å². The third-order valence-electron chi connectivity index (χ3n) is 5.21. The van der Waals surface area contributed by atoms with E-state index < -0.39 is 23.6 Å². The summed E-state index contributed by atoms with van der Waals surface area (Å²) in [5.41, 5.74) is 0.565. The summed E-state index contributed by atoms with van der Waals surface area (Å²) < 4.78 is 44.9. The molecule has 2 amide bonds. The van der Waals surface area contributed by atoms with E-state index in [-0.39, 0.29) is 29.3 Å². The van der Waals surface area contributed by atoms with E-state index in [2.05, 4.69) is 10.6 Å².